The first kappa shape index (κ1) is 19.2. The molecule has 1 aromatic heterocycles. The first-order valence-corrected chi connectivity index (χ1v) is 8.41. The van der Waals surface area contributed by atoms with Gasteiger partial charge in [-0.1, -0.05) is 28.6 Å². The molecule has 142 valence electrons. The first-order valence-electron chi connectivity index (χ1n) is 7.60. The Hall–Kier alpha value is -2.53. The zero-order valence-corrected chi connectivity index (χ0v) is 14.5. The van der Waals surface area contributed by atoms with Gasteiger partial charge in [-0.25, -0.2) is 4.68 Å². The van der Waals surface area contributed by atoms with Crippen LogP contribution in [-0.4, -0.2) is 14.9 Å². The van der Waals surface area contributed by atoms with Crippen molar-refractivity contribution in [3.8, 4) is 22.7 Å². The van der Waals surface area contributed by atoms with E-state index in [0.717, 1.165) is 6.07 Å². The maximum atomic E-state index is 13.2. The predicted molar refractivity (Wildman–Crippen MR) is 93.4 cm³/mol. The molecule has 3 rings (SSSR count). The van der Waals surface area contributed by atoms with Crippen LogP contribution in [0.25, 0.3) is 16.9 Å². The summed E-state index contributed by atoms with van der Waals surface area (Å²) >= 11 is 0.523. The number of nitrogens with two attached hydrogens (primary N) is 1. The van der Waals surface area contributed by atoms with Gasteiger partial charge >= 0.3 is 6.18 Å². The maximum Gasteiger partial charge on any atom is 0.435 e. The van der Waals surface area contributed by atoms with Gasteiger partial charge in [0, 0.05) is 5.56 Å². The van der Waals surface area contributed by atoms with E-state index in [0.29, 0.717) is 34.8 Å². The fraction of sp³-hybridized carbons (Fsp3) is 0.118. The van der Waals surface area contributed by atoms with Crippen molar-refractivity contribution in [3.63, 3.8) is 0 Å². The van der Waals surface area contributed by atoms with Gasteiger partial charge in [0.1, 0.15) is 12.2 Å². The highest BCUT2D eigenvalue weighted by Gasteiger charge is 2.35. The number of benzene rings is 2. The highest BCUT2D eigenvalue weighted by molar-refractivity contribution is 7.92. The number of halogens is 3. The molecular formula is C17H14F3N3O3S. The van der Waals surface area contributed by atoms with Gasteiger partial charge in [0.15, 0.2) is 11.4 Å². The second-order valence-electron chi connectivity index (χ2n) is 5.42. The maximum absolute atomic E-state index is 13.2. The van der Waals surface area contributed by atoms with Crippen molar-refractivity contribution in [2.45, 2.75) is 12.8 Å². The Balaban J connectivity index is 2.03. The molecule has 3 N–H and O–H groups in total. The van der Waals surface area contributed by atoms with Gasteiger partial charge in [0.2, 0.25) is 0 Å². The van der Waals surface area contributed by atoms with Gasteiger partial charge in [-0.15, -0.1) is 0 Å². The molecule has 0 spiro atoms. The molecule has 6 nitrogen and oxygen atoms in total. The average Bonchev–Trinajstić information content (AvgIpc) is 3.13. The van der Waals surface area contributed by atoms with Crippen LogP contribution in [0.3, 0.4) is 0 Å². The third kappa shape index (κ3) is 4.42. The summed E-state index contributed by atoms with van der Waals surface area (Å²) in [5.41, 5.74) is 0.833. The van der Waals surface area contributed by atoms with Gasteiger partial charge in [-0.3, -0.25) is 5.14 Å². The topological polar surface area (TPSA) is 82.5 Å². The molecule has 0 fully saturated rings. The molecule has 0 aliphatic carbocycles. The SMILES string of the molecule is NSOOc1ccc(-n2nc(C(F)(F)F)cc2-c2ccc(CO)cc2)cc1. The Morgan fingerprint density at radius 2 is 1.74 bits per heavy atom. The summed E-state index contributed by atoms with van der Waals surface area (Å²) in [7, 11) is 0. The summed E-state index contributed by atoms with van der Waals surface area (Å²) < 4.78 is 45.3. The van der Waals surface area contributed by atoms with Crippen molar-refractivity contribution >= 4 is 12.2 Å². The molecule has 0 amide bonds. The Labute approximate surface area is 156 Å². The Morgan fingerprint density at radius 1 is 1.07 bits per heavy atom. The molecule has 0 saturated heterocycles. The van der Waals surface area contributed by atoms with E-state index in [1.807, 2.05) is 0 Å². The first-order chi connectivity index (χ1) is 12.9. The van der Waals surface area contributed by atoms with Crippen molar-refractivity contribution in [3.05, 3.63) is 65.9 Å². The number of hydrogen-bond acceptors (Lipinski definition) is 6. The molecule has 0 unspecified atom stereocenters. The molecule has 0 bridgehead atoms. The fourth-order valence-electron chi connectivity index (χ4n) is 2.40. The summed E-state index contributed by atoms with van der Waals surface area (Å²) in [6.45, 7) is -0.155. The lowest BCUT2D eigenvalue weighted by Crippen LogP contribution is -2.07. The lowest BCUT2D eigenvalue weighted by Gasteiger charge is -2.09. The van der Waals surface area contributed by atoms with E-state index in [4.69, 9.17) is 15.1 Å². The van der Waals surface area contributed by atoms with Crippen molar-refractivity contribution in [1.82, 2.24) is 9.78 Å². The average molecular weight is 397 g/mol. The molecule has 27 heavy (non-hydrogen) atoms. The quantitative estimate of drug-likeness (QED) is 0.284. The number of aromatic nitrogens is 2. The lowest BCUT2D eigenvalue weighted by atomic mass is 10.1. The summed E-state index contributed by atoms with van der Waals surface area (Å²) in [5.74, 6) is 0.328. The van der Waals surface area contributed by atoms with Gasteiger partial charge in [0.05, 0.1) is 18.0 Å². The lowest BCUT2D eigenvalue weighted by molar-refractivity contribution is -0.141. The zero-order chi connectivity index (χ0) is 19.4. The molecule has 10 heteroatoms. The van der Waals surface area contributed by atoms with E-state index in [2.05, 4.69) is 9.43 Å². The van der Waals surface area contributed by atoms with E-state index in [1.165, 1.54) is 16.8 Å². The zero-order valence-electron chi connectivity index (χ0n) is 13.7. The molecule has 0 aliphatic heterocycles. The van der Waals surface area contributed by atoms with E-state index in [-0.39, 0.29) is 12.3 Å². The summed E-state index contributed by atoms with van der Waals surface area (Å²) in [5, 5.41) is 17.9. The van der Waals surface area contributed by atoms with Crippen LogP contribution in [0.4, 0.5) is 13.2 Å². The number of nitrogens with zero attached hydrogens (tertiary/aromatic N) is 2. The molecule has 1 heterocycles. The van der Waals surface area contributed by atoms with Crippen LogP contribution < -0.4 is 10.0 Å². The number of aliphatic hydroxyl groups is 1. The molecule has 0 aliphatic rings. The Morgan fingerprint density at radius 3 is 2.30 bits per heavy atom. The molecule has 2 aromatic carbocycles. The van der Waals surface area contributed by atoms with Crippen LogP contribution in [0.2, 0.25) is 0 Å². The standard InChI is InChI=1S/C17H14F3N3O3S/c18-17(19,20)16-9-15(12-3-1-11(10-24)2-4-12)23(22-16)13-5-7-14(8-6-13)25-26-27-21/h1-9,24H,10,21H2. The smallest absolute Gasteiger partial charge is 0.392 e. The Bertz CT molecular complexity index is 897. The number of rotatable bonds is 6. The second kappa shape index (κ2) is 8.01. The largest absolute Gasteiger partial charge is 0.435 e. The molecule has 0 radical (unpaired) electrons. The monoisotopic (exact) mass is 397 g/mol. The van der Waals surface area contributed by atoms with Crippen LogP contribution in [0.15, 0.2) is 54.6 Å². The van der Waals surface area contributed by atoms with E-state index < -0.39 is 11.9 Å². The van der Waals surface area contributed by atoms with Crippen LogP contribution >= 0.6 is 12.2 Å². The van der Waals surface area contributed by atoms with Crippen molar-refractivity contribution < 1.29 is 27.5 Å². The van der Waals surface area contributed by atoms with Gasteiger partial charge in [0.25, 0.3) is 0 Å². The van der Waals surface area contributed by atoms with Gasteiger partial charge in [-0.05, 0) is 35.9 Å². The third-order valence-electron chi connectivity index (χ3n) is 3.68. The van der Waals surface area contributed by atoms with Crippen molar-refractivity contribution in [1.29, 1.82) is 0 Å². The minimum Gasteiger partial charge on any atom is -0.392 e. The summed E-state index contributed by atoms with van der Waals surface area (Å²) in [6.07, 6.45) is -4.58. The van der Waals surface area contributed by atoms with Crippen LogP contribution in [0.5, 0.6) is 5.75 Å². The molecule has 0 saturated carbocycles. The van der Waals surface area contributed by atoms with Crippen molar-refractivity contribution in [2.75, 3.05) is 0 Å². The van der Waals surface area contributed by atoms with Crippen molar-refractivity contribution in [2.24, 2.45) is 5.14 Å². The normalized spacial score (nSPS) is 11.6. The van der Waals surface area contributed by atoms with Gasteiger partial charge < -0.3 is 9.99 Å². The number of aliphatic hydroxyl groups excluding tert-OH is 1. The van der Waals surface area contributed by atoms with Crippen LogP contribution in [0.1, 0.15) is 11.3 Å². The number of alkyl halides is 3. The molecular weight excluding hydrogens is 383 g/mol. The van der Waals surface area contributed by atoms with Crippen LogP contribution in [0, 0.1) is 0 Å². The minimum absolute atomic E-state index is 0.155. The van der Waals surface area contributed by atoms with Gasteiger partial charge in [-0.2, -0.15) is 18.3 Å². The summed E-state index contributed by atoms with van der Waals surface area (Å²) in [4.78, 5) is 4.85. The molecule has 0 atom stereocenters. The minimum atomic E-state index is -4.58. The van der Waals surface area contributed by atoms with Crippen LogP contribution in [-0.2, 0) is 17.1 Å². The Kier molecular flexibility index (Phi) is 5.71. The second-order valence-corrected chi connectivity index (χ2v) is 5.75. The van der Waals surface area contributed by atoms with E-state index in [9.17, 15) is 13.2 Å². The van der Waals surface area contributed by atoms with E-state index >= 15 is 0 Å². The highest BCUT2D eigenvalue weighted by Crippen LogP contribution is 2.33. The highest BCUT2D eigenvalue weighted by atomic mass is 32.2. The fourth-order valence-corrected chi connectivity index (χ4v) is 2.52. The predicted octanol–water partition coefficient (Wildman–Crippen LogP) is 3.88. The van der Waals surface area contributed by atoms with E-state index in [1.54, 1.807) is 36.4 Å². The third-order valence-corrected chi connectivity index (χ3v) is 3.83. The molecule has 3 aromatic rings. The number of hydrogen-bond donors (Lipinski definition) is 2. The summed E-state index contributed by atoms with van der Waals surface area (Å²) in [6, 6.07) is 13.6.